The average molecular weight is 241 g/mol. The first-order valence-corrected chi connectivity index (χ1v) is 5.61. The molecule has 0 saturated heterocycles. The molecule has 0 aromatic heterocycles. The molecule has 6 heteroatoms. The van der Waals surface area contributed by atoms with Crippen LogP contribution in [-0.2, 0) is 21.7 Å². The van der Waals surface area contributed by atoms with Crippen molar-refractivity contribution in [2.24, 2.45) is 4.36 Å². The van der Waals surface area contributed by atoms with Gasteiger partial charge in [0, 0.05) is 6.42 Å². The van der Waals surface area contributed by atoms with Gasteiger partial charge in [0.25, 0.3) is 0 Å². The zero-order chi connectivity index (χ0) is 12.1. The van der Waals surface area contributed by atoms with Gasteiger partial charge in [0.2, 0.25) is 0 Å². The average Bonchev–Trinajstić information content (AvgIpc) is 2.19. The van der Waals surface area contributed by atoms with Crippen LogP contribution < -0.4 is 0 Å². The molecule has 1 rings (SSSR count). The van der Waals surface area contributed by atoms with E-state index in [1.165, 1.54) is 0 Å². The Hall–Kier alpha value is -1.69. The van der Waals surface area contributed by atoms with Crippen LogP contribution in [0.4, 0.5) is 0 Å². The van der Waals surface area contributed by atoms with Crippen LogP contribution in [0.25, 0.3) is 0 Å². The molecule has 5 nitrogen and oxygen atoms in total. The lowest BCUT2D eigenvalue weighted by Crippen LogP contribution is -2.20. The topological polar surface area (TPSA) is 83.8 Å². The molecule has 0 fully saturated rings. The van der Waals surface area contributed by atoms with E-state index in [0.717, 1.165) is 11.1 Å². The van der Waals surface area contributed by atoms with E-state index >= 15 is 0 Å². The van der Waals surface area contributed by atoms with E-state index in [2.05, 4.69) is 4.36 Å². The second kappa shape index (κ2) is 5.41. The van der Waals surface area contributed by atoms with Gasteiger partial charge in [-0.1, -0.05) is 24.3 Å². The Morgan fingerprint density at radius 2 is 2.06 bits per heavy atom. The molecule has 1 N–H and O–H groups in total. The van der Waals surface area contributed by atoms with Gasteiger partial charge in [0.1, 0.15) is 0 Å². The third kappa shape index (κ3) is 3.47. The molecular weight excluding hydrogens is 230 g/mol. The minimum absolute atomic E-state index is 0.0794. The van der Waals surface area contributed by atoms with E-state index in [0.29, 0.717) is 0 Å². The van der Waals surface area contributed by atoms with Gasteiger partial charge in [-0.3, -0.25) is 0 Å². The van der Waals surface area contributed by atoms with Crippen molar-refractivity contribution in [3.05, 3.63) is 35.4 Å². The molecule has 1 aromatic rings. The first-order chi connectivity index (χ1) is 7.50. The summed E-state index contributed by atoms with van der Waals surface area (Å²) in [6, 6.07) is 5.95. The number of nitrogens with zero attached hydrogens (tertiary/aromatic N) is 1. The number of carboxylic acid groups (broad SMARTS) is 1. The fraction of sp³-hybridized carbons (Fsp3) is 0.300. The van der Waals surface area contributed by atoms with Crippen LogP contribution in [0.1, 0.15) is 11.1 Å². The van der Waals surface area contributed by atoms with Gasteiger partial charge in [0.15, 0.2) is 6.04 Å². The van der Waals surface area contributed by atoms with Crippen molar-refractivity contribution in [2.45, 2.75) is 19.4 Å². The SMILES string of the molecule is Cc1ccccc1CC(N=S(=O)=O)C(=O)O. The van der Waals surface area contributed by atoms with Gasteiger partial charge in [-0.25, -0.2) is 4.79 Å². The number of rotatable bonds is 4. The third-order valence-corrected chi connectivity index (χ3v) is 2.60. The molecule has 1 atom stereocenters. The summed E-state index contributed by atoms with van der Waals surface area (Å²) in [5, 5.41) is 8.81. The Balaban J connectivity index is 2.97. The number of hydrogen-bond acceptors (Lipinski definition) is 4. The number of aryl methyl sites for hydroxylation is 1. The van der Waals surface area contributed by atoms with Crippen molar-refractivity contribution in [2.75, 3.05) is 0 Å². The standard InChI is InChI=1S/C10H11NO4S/c1-7-4-2-3-5-8(7)6-9(10(12)13)11-16(14)15/h2-5,9H,6H2,1H3,(H,12,13). The smallest absolute Gasteiger partial charge is 0.330 e. The van der Waals surface area contributed by atoms with E-state index in [4.69, 9.17) is 5.11 Å². The van der Waals surface area contributed by atoms with Crippen LogP contribution in [-0.4, -0.2) is 25.5 Å². The van der Waals surface area contributed by atoms with Gasteiger partial charge < -0.3 is 5.11 Å². The lowest BCUT2D eigenvalue weighted by Gasteiger charge is -2.07. The Morgan fingerprint density at radius 1 is 1.44 bits per heavy atom. The normalized spacial score (nSPS) is 11.8. The quantitative estimate of drug-likeness (QED) is 0.854. The minimum Gasteiger partial charge on any atom is -0.480 e. The van der Waals surface area contributed by atoms with E-state index in [-0.39, 0.29) is 6.42 Å². The summed E-state index contributed by atoms with van der Waals surface area (Å²) in [5.74, 6) is -1.24. The molecule has 0 aliphatic rings. The van der Waals surface area contributed by atoms with Crippen LogP contribution in [0.5, 0.6) is 0 Å². The highest BCUT2D eigenvalue weighted by Crippen LogP contribution is 2.11. The molecule has 0 radical (unpaired) electrons. The lowest BCUT2D eigenvalue weighted by molar-refractivity contribution is -0.138. The molecule has 86 valence electrons. The highest BCUT2D eigenvalue weighted by Gasteiger charge is 2.18. The van der Waals surface area contributed by atoms with Crippen molar-refractivity contribution >= 4 is 16.5 Å². The van der Waals surface area contributed by atoms with Gasteiger partial charge in [-0.2, -0.15) is 12.8 Å². The molecule has 0 aliphatic heterocycles. The first-order valence-electron chi connectivity index (χ1n) is 4.58. The molecule has 0 saturated carbocycles. The summed E-state index contributed by atoms with van der Waals surface area (Å²) < 4.78 is 23.8. The lowest BCUT2D eigenvalue weighted by atomic mass is 10.0. The summed E-state index contributed by atoms with van der Waals surface area (Å²) in [6.45, 7) is 1.84. The van der Waals surface area contributed by atoms with Crippen molar-refractivity contribution in [1.82, 2.24) is 0 Å². The van der Waals surface area contributed by atoms with Crippen molar-refractivity contribution in [3.63, 3.8) is 0 Å². The molecule has 0 bridgehead atoms. The maximum Gasteiger partial charge on any atom is 0.330 e. The Labute approximate surface area is 94.4 Å². The second-order valence-corrected chi connectivity index (χ2v) is 3.95. The predicted molar refractivity (Wildman–Crippen MR) is 57.7 cm³/mol. The molecule has 0 aliphatic carbocycles. The second-order valence-electron chi connectivity index (χ2n) is 3.31. The Kier molecular flexibility index (Phi) is 4.19. The molecule has 0 amide bonds. The third-order valence-electron chi connectivity index (χ3n) is 2.17. The van der Waals surface area contributed by atoms with E-state index < -0.39 is 22.5 Å². The number of carbonyl (C=O) groups is 1. The molecule has 16 heavy (non-hydrogen) atoms. The van der Waals surface area contributed by atoms with Crippen LogP contribution in [0.2, 0.25) is 0 Å². The fourth-order valence-corrected chi connectivity index (χ4v) is 1.69. The largest absolute Gasteiger partial charge is 0.480 e. The van der Waals surface area contributed by atoms with E-state index in [9.17, 15) is 13.2 Å². The number of benzene rings is 1. The zero-order valence-electron chi connectivity index (χ0n) is 8.62. The summed E-state index contributed by atoms with van der Waals surface area (Å²) in [5.41, 5.74) is 1.70. The molecular formula is C10H11NO4S. The van der Waals surface area contributed by atoms with Gasteiger partial charge in [-0.05, 0) is 18.1 Å². The molecule has 1 unspecified atom stereocenters. The van der Waals surface area contributed by atoms with Crippen LogP contribution >= 0.6 is 0 Å². The number of aliphatic carboxylic acids is 1. The van der Waals surface area contributed by atoms with E-state index in [1.807, 2.05) is 19.1 Å². The summed E-state index contributed by atoms with van der Waals surface area (Å²) in [4.78, 5) is 10.8. The first kappa shape index (κ1) is 12.4. The Bertz CT molecular complexity index is 513. The van der Waals surface area contributed by atoms with E-state index in [1.54, 1.807) is 12.1 Å². The maximum absolute atomic E-state index is 10.8. The van der Waals surface area contributed by atoms with Crippen molar-refractivity contribution in [1.29, 1.82) is 0 Å². The zero-order valence-corrected chi connectivity index (χ0v) is 9.44. The van der Waals surface area contributed by atoms with Gasteiger partial charge in [0.05, 0.1) is 0 Å². The summed E-state index contributed by atoms with van der Waals surface area (Å²) >= 11 is 0. The maximum atomic E-state index is 10.8. The van der Waals surface area contributed by atoms with Crippen LogP contribution in [0.3, 0.4) is 0 Å². The molecule has 0 spiro atoms. The predicted octanol–water partition coefficient (Wildman–Crippen LogP) is 1.05. The Morgan fingerprint density at radius 3 is 2.56 bits per heavy atom. The minimum atomic E-state index is -2.70. The highest BCUT2D eigenvalue weighted by molar-refractivity contribution is 7.61. The molecule has 0 heterocycles. The summed E-state index contributed by atoms with van der Waals surface area (Å²) in [7, 11) is -2.70. The van der Waals surface area contributed by atoms with Crippen LogP contribution in [0.15, 0.2) is 28.6 Å². The number of carboxylic acids is 1. The van der Waals surface area contributed by atoms with Gasteiger partial charge >= 0.3 is 16.5 Å². The van der Waals surface area contributed by atoms with Crippen LogP contribution in [0, 0.1) is 6.92 Å². The van der Waals surface area contributed by atoms with Crippen molar-refractivity contribution in [3.8, 4) is 0 Å². The van der Waals surface area contributed by atoms with Crippen molar-refractivity contribution < 1.29 is 18.3 Å². The summed E-state index contributed by atoms with van der Waals surface area (Å²) in [6.07, 6.45) is 0.0794. The monoisotopic (exact) mass is 241 g/mol. The number of hydrogen-bond donors (Lipinski definition) is 1. The molecule has 1 aromatic carbocycles. The van der Waals surface area contributed by atoms with Gasteiger partial charge in [-0.15, -0.1) is 0 Å². The highest BCUT2D eigenvalue weighted by atomic mass is 32.2. The fourth-order valence-electron chi connectivity index (χ4n) is 1.32.